The lowest BCUT2D eigenvalue weighted by molar-refractivity contribution is 0.766. The third-order valence-corrected chi connectivity index (χ3v) is 2.88. The summed E-state index contributed by atoms with van der Waals surface area (Å²) in [6, 6.07) is 0. The van der Waals surface area contributed by atoms with Gasteiger partial charge in [0.15, 0.2) is 11.6 Å². The van der Waals surface area contributed by atoms with Crippen LogP contribution in [-0.2, 0) is 12.8 Å². The van der Waals surface area contributed by atoms with Crippen molar-refractivity contribution in [1.29, 1.82) is 0 Å². The maximum Gasteiger partial charge on any atom is 0.224 e. The van der Waals surface area contributed by atoms with Crippen LogP contribution in [0.15, 0.2) is 6.20 Å². The standard InChI is InChI=1S/C12H17ClN6/c1-4-9-16-10(5-2)19(18-9)11-8(13)7-15-12(17-11)14-6-3/h7H,4-6H2,1-3H3,(H,14,15,17). The zero-order chi connectivity index (χ0) is 13.8. The molecular formula is C12H17ClN6. The summed E-state index contributed by atoms with van der Waals surface area (Å²) >= 11 is 6.17. The molecule has 0 radical (unpaired) electrons. The average Bonchev–Trinajstić information content (AvgIpc) is 2.84. The molecule has 0 saturated carbocycles. The molecule has 7 heteroatoms. The van der Waals surface area contributed by atoms with Crippen LogP contribution in [0.1, 0.15) is 32.4 Å². The van der Waals surface area contributed by atoms with Gasteiger partial charge in [-0.15, -0.1) is 5.10 Å². The average molecular weight is 281 g/mol. The fourth-order valence-corrected chi connectivity index (χ4v) is 1.86. The summed E-state index contributed by atoms with van der Waals surface area (Å²) in [5.74, 6) is 2.74. The van der Waals surface area contributed by atoms with Gasteiger partial charge in [-0.2, -0.15) is 9.67 Å². The molecule has 0 aliphatic carbocycles. The van der Waals surface area contributed by atoms with Gasteiger partial charge in [0, 0.05) is 19.4 Å². The molecule has 0 aromatic carbocycles. The number of nitrogens with one attached hydrogen (secondary N) is 1. The summed E-state index contributed by atoms with van der Waals surface area (Å²) in [6.07, 6.45) is 3.13. The number of nitrogens with zero attached hydrogens (tertiary/aromatic N) is 5. The van der Waals surface area contributed by atoms with E-state index in [-0.39, 0.29) is 0 Å². The topological polar surface area (TPSA) is 68.5 Å². The predicted molar refractivity (Wildman–Crippen MR) is 74.9 cm³/mol. The molecule has 0 aliphatic rings. The van der Waals surface area contributed by atoms with Crippen LogP contribution >= 0.6 is 11.6 Å². The Hall–Kier alpha value is -1.69. The van der Waals surface area contributed by atoms with Crippen molar-refractivity contribution in [2.45, 2.75) is 33.6 Å². The number of rotatable bonds is 5. The fraction of sp³-hybridized carbons (Fsp3) is 0.500. The molecule has 2 aromatic rings. The Morgan fingerprint density at radius 1 is 1.21 bits per heavy atom. The second-order valence-corrected chi connectivity index (χ2v) is 4.37. The summed E-state index contributed by atoms with van der Waals surface area (Å²) in [6.45, 7) is 6.78. The quantitative estimate of drug-likeness (QED) is 0.910. The van der Waals surface area contributed by atoms with Gasteiger partial charge in [-0.25, -0.2) is 9.97 Å². The Morgan fingerprint density at radius 3 is 2.63 bits per heavy atom. The summed E-state index contributed by atoms with van der Waals surface area (Å²) in [5.41, 5.74) is 0. The van der Waals surface area contributed by atoms with Gasteiger partial charge in [0.05, 0.1) is 6.20 Å². The largest absolute Gasteiger partial charge is 0.354 e. The molecule has 0 aliphatic heterocycles. The smallest absolute Gasteiger partial charge is 0.224 e. The Kier molecular flexibility index (Phi) is 4.31. The molecule has 0 amide bonds. The molecule has 0 spiro atoms. The predicted octanol–water partition coefficient (Wildman–Crippen LogP) is 2.27. The van der Waals surface area contributed by atoms with E-state index < -0.39 is 0 Å². The number of hydrogen-bond acceptors (Lipinski definition) is 5. The molecule has 2 aromatic heterocycles. The number of anilines is 1. The van der Waals surface area contributed by atoms with Crippen LogP contribution in [0.4, 0.5) is 5.95 Å². The van der Waals surface area contributed by atoms with E-state index in [9.17, 15) is 0 Å². The Balaban J connectivity index is 2.50. The molecule has 0 atom stereocenters. The van der Waals surface area contributed by atoms with Gasteiger partial charge in [0.1, 0.15) is 10.8 Å². The van der Waals surface area contributed by atoms with E-state index in [4.69, 9.17) is 11.6 Å². The number of aryl methyl sites for hydroxylation is 2. The fourth-order valence-electron chi connectivity index (χ4n) is 1.69. The van der Waals surface area contributed by atoms with Crippen LogP contribution in [0.5, 0.6) is 0 Å². The van der Waals surface area contributed by atoms with Gasteiger partial charge in [-0.05, 0) is 6.92 Å². The zero-order valence-electron chi connectivity index (χ0n) is 11.3. The van der Waals surface area contributed by atoms with Gasteiger partial charge in [0.2, 0.25) is 5.95 Å². The van der Waals surface area contributed by atoms with Crippen LogP contribution < -0.4 is 5.32 Å². The summed E-state index contributed by atoms with van der Waals surface area (Å²) in [4.78, 5) is 13.0. The molecule has 102 valence electrons. The van der Waals surface area contributed by atoms with E-state index in [1.807, 2.05) is 20.8 Å². The van der Waals surface area contributed by atoms with Crippen LogP contribution in [0, 0.1) is 0 Å². The zero-order valence-corrected chi connectivity index (χ0v) is 12.1. The molecule has 0 bridgehead atoms. The van der Waals surface area contributed by atoms with Crippen molar-refractivity contribution >= 4 is 17.5 Å². The van der Waals surface area contributed by atoms with Crippen molar-refractivity contribution in [3.05, 3.63) is 22.9 Å². The lowest BCUT2D eigenvalue weighted by atomic mass is 10.4. The summed E-state index contributed by atoms with van der Waals surface area (Å²) in [5, 5.41) is 7.96. The lowest BCUT2D eigenvalue weighted by Gasteiger charge is -2.07. The minimum Gasteiger partial charge on any atom is -0.354 e. The highest BCUT2D eigenvalue weighted by atomic mass is 35.5. The Labute approximate surface area is 117 Å². The van der Waals surface area contributed by atoms with Gasteiger partial charge < -0.3 is 5.32 Å². The maximum atomic E-state index is 6.17. The molecule has 0 saturated heterocycles. The summed E-state index contributed by atoms with van der Waals surface area (Å²) < 4.78 is 1.70. The van der Waals surface area contributed by atoms with Crippen molar-refractivity contribution < 1.29 is 0 Å². The maximum absolute atomic E-state index is 6.17. The molecule has 0 unspecified atom stereocenters. The van der Waals surface area contributed by atoms with Crippen molar-refractivity contribution in [3.8, 4) is 5.82 Å². The molecule has 6 nitrogen and oxygen atoms in total. The van der Waals surface area contributed by atoms with Crippen molar-refractivity contribution in [1.82, 2.24) is 24.7 Å². The summed E-state index contributed by atoms with van der Waals surface area (Å²) in [7, 11) is 0. The lowest BCUT2D eigenvalue weighted by Crippen LogP contribution is -2.09. The Bertz CT molecular complexity index is 565. The van der Waals surface area contributed by atoms with E-state index in [1.165, 1.54) is 0 Å². The molecule has 0 fully saturated rings. The third kappa shape index (κ3) is 2.84. The first kappa shape index (κ1) is 13.7. The number of hydrogen-bond donors (Lipinski definition) is 1. The SMILES string of the molecule is CCNc1ncc(Cl)c(-n2nc(CC)nc2CC)n1. The first-order valence-corrected chi connectivity index (χ1v) is 6.78. The van der Waals surface area contributed by atoms with Crippen LogP contribution in [0.3, 0.4) is 0 Å². The van der Waals surface area contributed by atoms with E-state index in [1.54, 1.807) is 10.9 Å². The van der Waals surface area contributed by atoms with E-state index in [0.717, 1.165) is 31.0 Å². The highest BCUT2D eigenvalue weighted by molar-refractivity contribution is 6.32. The van der Waals surface area contributed by atoms with Crippen LogP contribution in [0.2, 0.25) is 5.02 Å². The van der Waals surface area contributed by atoms with E-state index >= 15 is 0 Å². The van der Waals surface area contributed by atoms with Crippen molar-refractivity contribution in [2.75, 3.05) is 11.9 Å². The minimum atomic E-state index is 0.462. The van der Waals surface area contributed by atoms with Gasteiger partial charge in [-0.3, -0.25) is 0 Å². The molecule has 19 heavy (non-hydrogen) atoms. The molecule has 1 N–H and O–H groups in total. The first-order chi connectivity index (χ1) is 9.19. The number of aromatic nitrogens is 5. The van der Waals surface area contributed by atoms with Gasteiger partial charge in [0.25, 0.3) is 0 Å². The third-order valence-electron chi connectivity index (χ3n) is 2.61. The van der Waals surface area contributed by atoms with E-state index in [2.05, 4.69) is 25.4 Å². The monoisotopic (exact) mass is 280 g/mol. The second kappa shape index (κ2) is 5.97. The minimum absolute atomic E-state index is 0.462. The first-order valence-electron chi connectivity index (χ1n) is 6.41. The van der Waals surface area contributed by atoms with Gasteiger partial charge >= 0.3 is 0 Å². The molecule has 2 heterocycles. The van der Waals surface area contributed by atoms with E-state index in [0.29, 0.717) is 16.8 Å². The molecule has 2 rings (SSSR count). The van der Waals surface area contributed by atoms with Gasteiger partial charge in [-0.1, -0.05) is 25.4 Å². The molecular weight excluding hydrogens is 264 g/mol. The van der Waals surface area contributed by atoms with Crippen molar-refractivity contribution in [2.24, 2.45) is 0 Å². The Morgan fingerprint density at radius 2 is 2.00 bits per heavy atom. The normalized spacial score (nSPS) is 10.7. The number of halogens is 1. The second-order valence-electron chi connectivity index (χ2n) is 3.96. The highest BCUT2D eigenvalue weighted by Gasteiger charge is 2.14. The van der Waals surface area contributed by atoms with Crippen molar-refractivity contribution in [3.63, 3.8) is 0 Å². The van der Waals surface area contributed by atoms with Crippen LogP contribution in [-0.4, -0.2) is 31.3 Å². The van der Waals surface area contributed by atoms with Crippen LogP contribution in [0.25, 0.3) is 5.82 Å². The highest BCUT2D eigenvalue weighted by Crippen LogP contribution is 2.19.